The van der Waals surface area contributed by atoms with Gasteiger partial charge in [0.1, 0.15) is 0 Å². The van der Waals surface area contributed by atoms with Crippen molar-refractivity contribution in [2.24, 2.45) is 34.5 Å². The van der Waals surface area contributed by atoms with Gasteiger partial charge in [0.15, 0.2) is 0 Å². The van der Waals surface area contributed by atoms with Gasteiger partial charge in [-0.15, -0.1) is 0 Å². The Morgan fingerprint density at radius 2 is 1.86 bits per heavy atom. The maximum Gasteiger partial charge on any atom is -0.0139 e. The van der Waals surface area contributed by atoms with Gasteiger partial charge in [-0.1, -0.05) is 51.0 Å². The van der Waals surface area contributed by atoms with Gasteiger partial charge in [-0.2, -0.15) is 0 Å². The Morgan fingerprint density at radius 1 is 1.05 bits per heavy atom. The van der Waals surface area contributed by atoms with E-state index in [4.69, 9.17) is 0 Å². The Hall–Kier alpha value is -0.520. The summed E-state index contributed by atoms with van der Waals surface area (Å²) in [5.74, 6) is 3.63. The molecular weight excluding hydrogens is 252 g/mol. The lowest BCUT2D eigenvalue weighted by Crippen LogP contribution is -2.47. The van der Waals surface area contributed by atoms with Crippen LogP contribution in [0.1, 0.15) is 72.1 Å². The maximum atomic E-state index is 2.70. The molecule has 0 unspecified atom stereocenters. The highest BCUT2D eigenvalue weighted by molar-refractivity contribution is 5.29. The summed E-state index contributed by atoms with van der Waals surface area (Å²) in [6.45, 7) is 7.67. The number of rotatable bonds is 1. The summed E-state index contributed by atoms with van der Waals surface area (Å²) < 4.78 is 0. The Bertz CT molecular complexity index is 484. The fourth-order valence-electron chi connectivity index (χ4n) is 6.87. The van der Waals surface area contributed by atoms with Crippen LogP contribution < -0.4 is 0 Å². The lowest BCUT2D eigenvalue weighted by Gasteiger charge is -2.56. The zero-order chi connectivity index (χ0) is 14.7. The van der Waals surface area contributed by atoms with Crippen LogP contribution in [0.25, 0.3) is 0 Å². The minimum atomic E-state index is 0.574. The largest absolute Gasteiger partial charge is 0.0882 e. The van der Waals surface area contributed by atoms with Gasteiger partial charge in [0.25, 0.3) is 0 Å². The summed E-state index contributed by atoms with van der Waals surface area (Å²) in [5, 5.41) is 0. The molecule has 4 rings (SSSR count). The molecule has 21 heavy (non-hydrogen) atoms. The predicted molar refractivity (Wildman–Crippen MR) is 90.0 cm³/mol. The summed E-state index contributed by atoms with van der Waals surface area (Å²) in [5.41, 5.74) is 3.11. The number of hydrogen-bond acceptors (Lipinski definition) is 0. The van der Waals surface area contributed by atoms with Crippen LogP contribution in [-0.4, -0.2) is 0 Å². The van der Waals surface area contributed by atoms with Crippen LogP contribution in [0.3, 0.4) is 0 Å². The first-order valence-corrected chi connectivity index (χ1v) is 9.46. The van der Waals surface area contributed by atoms with E-state index in [1.54, 1.807) is 0 Å². The second kappa shape index (κ2) is 4.74. The molecule has 0 spiro atoms. The Balaban J connectivity index is 1.71. The van der Waals surface area contributed by atoms with Crippen LogP contribution in [0.5, 0.6) is 0 Å². The fourth-order valence-corrected chi connectivity index (χ4v) is 6.87. The predicted octanol–water partition coefficient (Wildman–Crippen LogP) is 6.14. The minimum absolute atomic E-state index is 0.574. The van der Waals surface area contributed by atoms with E-state index in [-0.39, 0.29) is 0 Å². The molecule has 0 N–H and O–H groups in total. The van der Waals surface area contributed by atoms with Crippen molar-refractivity contribution in [3.63, 3.8) is 0 Å². The minimum Gasteiger partial charge on any atom is -0.0882 e. The summed E-state index contributed by atoms with van der Waals surface area (Å²) in [7, 11) is 0. The highest BCUT2D eigenvalue weighted by Gasteiger charge is 2.56. The van der Waals surface area contributed by atoms with Gasteiger partial charge in [-0.05, 0) is 79.4 Å². The normalized spacial score (nSPS) is 51.9. The molecule has 0 bridgehead atoms. The van der Waals surface area contributed by atoms with Gasteiger partial charge in [0.05, 0.1) is 0 Å². The van der Waals surface area contributed by atoms with E-state index in [0.29, 0.717) is 10.8 Å². The summed E-state index contributed by atoms with van der Waals surface area (Å²) in [6.07, 6.45) is 19.1. The smallest absolute Gasteiger partial charge is 0.0139 e. The van der Waals surface area contributed by atoms with Gasteiger partial charge in [0, 0.05) is 0 Å². The summed E-state index contributed by atoms with van der Waals surface area (Å²) >= 11 is 0. The van der Waals surface area contributed by atoms with Crippen LogP contribution in [0.15, 0.2) is 23.8 Å². The van der Waals surface area contributed by atoms with Crippen molar-refractivity contribution in [1.29, 1.82) is 0 Å². The molecule has 0 amide bonds. The zero-order valence-electron chi connectivity index (χ0n) is 14.2. The highest BCUT2D eigenvalue weighted by Crippen LogP contribution is 2.65. The number of allylic oxidation sites excluding steroid dienone is 4. The molecule has 6 atom stereocenters. The molecule has 0 heteroatoms. The summed E-state index contributed by atoms with van der Waals surface area (Å²) in [4.78, 5) is 0. The Morgan fingerprint density at radius 3 is 2.67 bits per heavy atom. The maximum absolute atomic E-state index is 2.70. The van der Waals surface area contributed by atoms with Crippen molar-refractivity contribution in [3.05, 3.63) is 23.8 Å². The van der Waals surface area contributed by atoms with Crippen LogP contribution >= 0.6 is 0 Å². The molecule has 2 saturated carbocycles. The molecule has 4 aliphatic rings. The molecule has 2 fully saturated rings. The van der Waals surface area contributed by atoms with E-state index >= 15 is 0 Å². The highest BCUT2D eigenvalue weighted by atomic mass is 14.6. The van der Waals surface area contributed by atoms with Gasteiger partial charge in [-0.25, -0.2) is 0 Å². The first-order valence-electron chi connectivity index (χ1n) is 9.46. The van der Waals surface area contributed by atoms with Crippen molar-refractivity contribution in [2.75, 3.05) is 0 Å². The monoisotopic (exact) mass is 284 g/mol. The number of fused-ring (bicyclic) bond motifs is 5. The van der Waals surface area contributed by atoms with Crippen molar-refractivity contribution in [2.45, 2.75) is 72.1 Å². The third kappa shape index (κ3) is 1.80. The Kier molecular flexibility index (Phi) is 3.18. The van der Waals surface area contributed by atoms with Crippen molar-refractivity contribution in [1.82, 2.24) is 0 Å². The molecule has 0 aromatic rings. The number of hydrogen-bond donors (Lipinski definition) is 0. The van der Waals surface area contributed by atoms with Gasteiger partial charge in [0.2, 0.25) is 0 Å². The lowest BCUT2D eigenvalue weighted by molar-refractivity contribution is 0.0289. The molecule has 0 radical (unpaired) electrons. The topological polar surface area (TPSA) is 0 Å². The molecule has 0 saturated heterocycles. The molecule has 0 nitrogen and oxygen atoms in total. The third-order valence-corrected chi connectivity index (χ3v) is 8.27. The first kappa shape index (κ1) is 14.1. The molecule has 4 aliphatic carbocycles. The van der Waals surface area contributed by atoms with E-state index in [1.807, 2.05) is 5.57 Å². The third-order valence-electron chi connectivity index (χ3n) is 8.27. The van der Waals surface area contributed by atoms with Crippen molar-refractivity contribution >= 4 is 0 Å². The van der Waals surface area contributed by atoms with Crippen LogP contribution in [-0.2, 0) is 0 Å². The average Bonchev–Trinajstić information content (AvgIpc) is 2.83. The van der Waals surface area contributed by atoms with Crippen LogP contribution in [0.4, 0.5) is 0 Å². The molecule has 0 aliphatic heterocycles. The van der Waals surface area contributed by atoms with Crippen molar-refractivity contribution < 1.29 is 0 Å². The van der Waals surface area contributed by atoms with Crippen LogP contribution in [0.2, 0.25) is 0 Å². The SMILES string of the molecule is CC[C@H]1CC[C@H]2C3=CC[C@H]4C=CCC[C@]4(C)[C@H]3CC[C@]12C. The first-order chi connectivity index (χ1) is 10.1. The van der Waals surface area contributed by atoms with Gasteiger partial charge >= 0.3 is 0 Å². The molecular formula is C21H32. The summed E-state index contributed by atoms with van der Waals surface area (Å²) in [6, 6.07) is 0. The molecule has 0 heterocycles. The Labute approximate surface area is 131 Å². The van der Waals surface area contributed by atoms with Gasteiger partial charge < -0.3 is 0 Å². The zero-order valence-corrected chi connectivity index (χ0v) is 14.2. The second-order valence-corrected chi connectivity index (χ2v) is 8.85. The quantitative estimate of drug-likeness (QED) is 0.507. The fraction of sp³-hybridized carbons (Fsp3) is 0.810. The van der Waals surface area contributed by atoms with E-state index in [0.717, 1.165) is 23.7 Å². The van der Waals surface area contributed by atoms with Gasteiger partial charge in [-0.3, -0.25) is 0 Å². The van der Waals surface area contributed by atoms with Crippen molar-refractivity contribution in [3.8, 4) is 0 Å². The van der Waals surface area contributed by atoms with E-state index < -0.39 is 0 Å². The van der Waals surface area contributed by atoms with E-state index in [2.05, 4.69) is 39.0 Å². The molecule has 0 aromatic carbocycles. The standard InChI is InChI=1S/C21H32/c1-4-15-9-11-18-17-10-8-16-7-5-6-13-20(16,2)19(17)12-14-21(15,18)3/h5,7,10,15-16,18-19H,4,6,8-9,11-14H2,1-3H3/t15-,16+,18-,19-,20-,21+/m0/s1. The average molecular weight is 284 g/mol. The van der Waals surface area contributed by atoms with Crippen LogP contribution in [0, 0.1) is 34.5 Å². The lowest BCUT2D eigenvalue weighted by atomic mass is 9.49. The molecule has 116 valence electrons. The molecule has 0 aromatic heterocycles. The second-order valence-electron chi connectivity index (χ2n) is 8.85. The van der Waals surface area contributed by atoms with E-state index in [9.17, 15) is 0 Å². The van der Waals surface area contributed by atoms with E-state index in [1.165, 1.54) is 51.4 Å².